The molecule has 122 valence electrons. The summed E-state index contributed by atoms with van der Waals surface area (Å²) in [5, 5.41) is 0. The summed E-state index contributed by atoms with van der Waals surface area (Å²) in [5.74, 6) is -0.325. The van der Waals surface area contributed by atoms with Gasteiger partial charge in [-0.15, -0.1) is 0 Å². The molecular weight excluding hydrogens is 302 g/mol. The molecule has 1 unspecified atom stereocenters. The molecule has 2 aromatic carbocycles. The van der Waals surface area contributed by atoms with Gasteiger partial charge in [-0.2, -0.15) is 0 Å². The lowest BCUT2D eigenvalue weighted by atomic mass is 9.99. The van der Waals surface area contributed by atoms with Crippen LogP contribution in [0.5, 0.6) is 0 Å². The van der Waals surface area contributed by atoms with Gasteiger partial charge >= 0.3 is 6.09 Å². The van der Waals surface area contributed by atoms with E-state index >= 15 is 0 Å². The van der Waals surface area contributed by atoms with Gasteiger partial charge in [0.25, 0.3) is 5.91 Å². The van der Waals surface area contributed by atoms with E-state index in [1.807, 2.05) is 55.5 Å². The monoisotopic (exact) mass is 321 g/mol. The van der Waals surface area contributed by atoms with E-state index in [0.717, 1.165) is 5.56 Å². The molecule has 2 aromatic rings. The Morgan fingerprint density at radius 2 is 1.71 bits per heavy atom. The normalized spacial score (nSPS) is 20.4. The highest BCUT2D eigenvalue weighted by Gasteiger charge is 2.44. The number of amides is 2. The molecule has 0 aromatic heterocycles. The first-order valence-corrected chi connectivity index (χ1v) is 7.96. The average Bonchev–Trinajstić information content (AvgIpc) is 2.91. The van der Waals surface area contributed by atoms with E-state index in [1.54, 1.807) is 24.3 Å². The number of nitrogens with zero attached hydrogens (tertiary/aromatic N) is 1. The molecule has 1 aliphatic heterocycles. The van der Waals surface area contributed by atoms with Crippen LogP contribution in [0.15, 0.2) is 72.8 Å². The fourth-order valence-corrected chi connectivity index (χ4v) is 2.91. The lowest BCUT2D eigenvalue weighted by Gasteiger charge is -2.22. The van der Waals surface area contributed by atoms with E-state index < -0.39 is 12.2 Å². The predicted octanol–water partition coefficient (Wildman–Crippen LogP) is 3.84. The van der Waals surface area contributed by atoms with Crippen LogP contribution in [0.1, 0.15) is 22.8 Å². The van der Waals surface area contributed by atoms with Crippen LogP contribution in [-0.4, -0.2) is 29.0 Å². The molecule has 0 spiro atoms. The first-order chi connectivity index (χ1) is 11.7. The van der Waals surface area contributed by atoms with Crippen molar-refractivity contribution in [1.82, 2.24) is 4.90 Å². The van der Waals surface area contributed by atoms with Crippen LogP contribution in [-0.2, 0) is 11.2 Å². The van der Waals surface area contributed by atoms with E-state index in [4.69, 9.17) is 4.74 Å². The van der Waals surface area contributed by atoms with Crippen molar-refractivity contribution < 1.29 is 14.3 Å². The molecule has 4 nitrogen and oxygen atoms in total. The van der Waals surface area contributed by atoms with Crippen molar-refractivity contribution in [3.8, 4) is 0 Å². The third kappa shape index (κ3) is 3.23. The van der Waals surface area contributed by atoms with Crippen molar-refractivity contribution >= 4 is 12.0 Å². The number of cyclic esters (lactones) is 1. The highest BCUT2D eigenvalue weighted by molar-refractivity contribution is 6.04. The quantitative estimate of drug-likeness (QED) is 0.804. The topological polar surface area (TPSA) is 46.6 Å². The Morgan fingerprint density at radius 1 is 1.08 bits per heavy atom. The molecule has 3 rings (SSSR count). The Bertz CT molecular complexity index is 740. The Kier molecular flexibility index (Phi) is 4.75. The Morgan fingerprint density at radius 3 is 2.33 bits per heavy atom. The summed E-state index contributed by atoms with van der Waals surface area (Å²) in [7, 11) is 0. The Balaban J connectivity index is 1.92. The molecule has 0 radical (unpaired) electrons. The van der Waals surface area contributed by atoms with Gasteiger partial charge in [-0.05, 0) is 37.1 Å². The molecule has 0 aliphatic carbocycles. The fraction of sp³-hybridized carbons (Fsp3) is 0.200. The summed E-state index contributed by atoms with van der Waals surface area (Å²) in [6.45, 7) is 1.87. The number of rotatable bonds is 4. The molecule has 0 bridgehead atoms. The minimum absolute atomic E-state index is 0.325. The SMILES string of the molecule is CC=C[C@H]1OC(=O)N(C(=O)c2ccccc2)C1Cc1ccccc1. The molecule has 1 saturated heterocycles. The largest absolute Gasteiger partial charge is 0.439 e. The highest BCUT2D eigenvalue weighted by Crippen LogP contribution is 2.26. The van der Waals surface area contributed by atoms with Crippen molar-refractivity contribution in [2.75, 3.05) is 0 Å². The van der Waals surface area contributed by atoms with Gasteiger partial charge in [0.2, 0.25) is 0 Å². The number of carbonyl (C=O) groups excluding carboxylic acids is 2. The van der Waals surface area contributed by atoms with Crippen molar-refractivity contribution in [2.24, 2.45) is 0 Å². The fourth-order valence-electron chi connectivity index (χ4n) is 2.91. The van der Waals surface area contributed by atoms with E-state index in [9.17, 15) is 9.59 Å². The second-order valence-corrected chi connectivity index (χ2v) is 5.67. The van der Waals surface area contributed by atoms with Gasteiger partial charge in [-0.25, -0.2) is 9.69 Å². The predicted molar refractivity (Wildman–Crippen MR) is 91.6 cm³/mol. The summed E-state index contributed by atoms with van der Waals surface area (Å²) < 4.78 is 5.42. The van der Waals surface area contributed by atoms with Crippen molar-refractivity contribution in [1.29, 1.82) is 0 Å². The number of imide groups is 1. The standard InChI is InChI=1S/C20H19NO3/c1-2-9-18-17(14-15-10-5-3-6-11-15)21(20(23)24-18)19(22)16-12-7-4-8-13-16/h2-13,17-18H,14H2,1H3/t17?,18-/m1/s1. The lowest BCUT2D eigenvalue weighted by Crippen LogP contribution is -2.42. The molecule has 1 heterocycles. The molecule has 0 N–H and O–H groups in total. The minimum Gasteiger partial charge on any atom is -0.439 e. The molecule has 2 amide bonds. The van der Waals surface area contributed by atoms with E-state index in [-0.39, 0.29) is 11.9 Å². The molecule has 1 fully saturated rings. The maximum absolute atomic E-state index is 12.8. The van der Waals surface area contributed by atoms with Crippen LogP contribution < -0.4 is 0 Å². The van der Waals surface area contributed by atoms with Gasteiger partial charge in [0.1, 0.15) is 6.10 Å². The first kappa shape index (κ1) is 16.0. The van der Waals surface area contributed by atoms with E-state index in [2.05, 4.69) is 0 Å². The Hall–Kier alpha value is -2.88. The van der Waals surface area contributed by atoms with Gasteiger partial charge in [0, 0.05) is 5.56 Å². The second kappa shape index (κ2) is 7.13. The summed E-state index contributed by atoms with van der Waals surface area (Å²) in [5.41, 5.74) is 1.54. The summed E-state index contributed by atoms with van der Waals surface area (Å²) in [6.07, 6.45) is 3.19. The molecule has 1 aliphatic rings. The molecule has 2 atom stereocenters. The van der Waals surface area contributed by atoms with E-state index in [0.29, 0.717) is 12.0 Å². The van der Waals surface area contributed by atoms with Gasteiger partial charge < -0.3 is 4.74 Å². The lowest BCUT2D eigenvalue weighted by molar-refractivity contribution is 0.0774. The number of hydrogen-bond donors (Lipinski definition) is 0. The minimum atomic E-state index is -0.590. The second-order valence-electron chi connectivity index (χ2n) is 5.67. The molecule has 24 heavy (non-hydrogen) atoms. The number of carbonyl (C=O) groups is 2. The van der Waals surface area contributed by atoms with Crippen LogP contribution in [0.3, 0.4) is 0 Å². The van der Waals surface area contributed by atoms with Crippen LogP contribution in [0.4, 0.5) is 4.79 Å². The first-order valence-electron chi connectivity index (χ1n) is 7.96. The zero-order chi connectivity index (χ0) is 16.9. The van der Waals surface area contributed by atoms with Gasteiger partial charge in [-0.1, -0.05) is 54.6 Å². The molecule has 0 saturated carbocycles. The maximum atomic E-state index is 12.8. The van der Waals surface area contributed by atoms with Crippen molar-refractivity contribution in [2.45, 2.75) is 25.5 Å². The molecular formula is C20H19NO3. The maximum Gasteiger partial charge on any atom is 0.417 e. The number of benzene rings is 2. The highest BCUT2D eigenvalue weighted by atomic mass is 16.6. The number of hydrogen-bond acceptors (Lipinski definition) is 3. The zero-order valence-corrected chi connectivity index (χ0v) is 13.5. The van der Waals surface area contributed by atoms with Crippen molar-refractivity contribution in [3.63, 3.8) is 0 Å². The van der Waals surface area contributed by atoms with Crippen LogP contribution >= 0.6 is 0 Å². The zero-order valence-electron chi connectivity index (χ0n) is 13.5. The number of ether oxygens (including phenoxy) is 1. The van der Waals surface area contributed by atoms with E-state index in [1.165, 1.54) is 4.90 Å². The van der Waals surface area contributed by atoms with Gasteiger partial charge in [-0.3, -0.25) is 4.79 Å². The Labute approximate surface area is 141 Å². The van der Waals surface area contributed by atoms with Gasteiger partial charge in [0.15, 0.2) is 0 Å². The van der Waals surface area contributed by atoms with Crippen LogP contribution in [0.25, 0.3) is 0 Å². The third-order valence-electron chi connectivity index (χ3n) is 4.05. The number of allylic oxidation sites excluding steroid dienone is 1. The van der Waals surface area contributed by atoms with Crippen LogP contribution in [0.2, 0.25) is 0 Å². The van der Waals surface area contributed by atoms with Gasteiger partial charge in [0.05, 0.1) is 6.04 Å². The summed E-state index contributed by atoms with van der Waals surface area (Å²) in [4.78, 5) is 26.4. The van der Waals surface area contributed by atoms with Crippen molar-refractivity contribution in [3.05, 3.63) is 83.9 Å². The smallest absolute Gasteiger partial charge is 0.417 e. The van der Waals surface area contributed by atoms with Crippen LogP contribution in [0, 0.1) is 0 Å². The molecule has 4 heteroatoms. The summed E-state index contributed by atoms with van der Waals surface area (Å²) in [6, 6.07) is 18.3. The third-order valence-corrected chi connectivity index (χ3v) is 4.05. The summed E-state index contributed by atoms with van der Waals surface area (Å²) >= 11 is 0. The average molecular weight is 321 g/mol.